The second kappa shape index (κ2) is 12.4. The maximum Gasteiger partial charge on any atom is 0.253 e. The lowest BCUT2D eigenvalue weighted by atomic mass is 9.93. The predicted molar refractivity (Wildman–Crippen MR) is 155 cm³/mol. The fraction of sp³-hybridized carbons (Fsp3) is 0.594. The third kappa shape index (κ3) is 6.74. The third-order valence-corrected chi connectivity index (χ3v) is 8.69. The number of piperazine rings is 1. The average Bonchev–Trinajstić information content (AvgIpc) is 3.76. The Balaban J connectivity index is 0.00000336. The van der Waals surface area contributed by atoms with E-state index in [4.69, 9.17) is 0 Å². The molecule has 1 amide bonds. The van der Waals surface area contributed by atoms with Gasteiger partial charge in [-0.25, -0.2) is 0 Å². The van der Waals surface area contributed by atoms with E-state index in [-0.39, 0.29) is 13.4 Å². The summed E-state index contributed by atoms with van der Waals surface area (Å²) in [4.78, 5) is 20.1. The van der Waals surface area contributed by atoms with E-state index in [0.717, 1.165) is 50.7 Å². The van der Waals surface area contributed by atoms with Crippen LogP contribution in [0.3, 0.4) is 0 Å². The number of benzene rings is 2. The van der Waals surface area contributed by atoms with Crippen molar-refractivity contribution in [3.8, 4) is 0 Å². The fourth-order valence-corrected chi connectivity index (χ4v) is 6.27. The summed E-state index contributed by atoms with van der Waals surface area (Å²) in [5.74, 6) is 1.07. The van der Waals surface area contributed by atoms with Crippen LogP contribution in [0.15, 0.2) is 48.5 Å². The molecule has 2 aromatic carbocycles. The SMILES string of the molecule is CCN(CC)C(=O)c1ccc([C@@H](c2cccc(NC3CCCCC3)c2)N2CCN(CC3CC3)CC2)cc1.[HH]. The highest BCUT2D eigenvalue weighted by Gasteiger charge is 2.30. The van der Waals surface area contributed by atoms with Crippen LogP contribution in [-0.2, 0) is 0 Å². The van der Waals surface area contributed by atoms with Gasteiger partial charge in [0.15, 0.2) is 0 Å². The third-order valence-electron chi connectivity index (χ3n) is 8.69. The van der Waals surface area contributed by atoms with Crippen LogP contribution in [-0.4, -0.2) is 72.5 Å². The molecule has 1 aliphatic heterocycles. The first-order chi connectivity index (χ1) is 18.1. The lowest BCUT2D eigenvalue weighted by Crippen LogP contribution is -2.48. The van der Waals surface area contributed by atoms with Crippen LogP contribution in [0.4, 0.5) is 5.69 Å². The first-order valence-electron chi connectivity index (χ1n) is 14.9. The minimum atomic E-state index is 0. The molecule has 0 spiro atoms. The standard InChI is InChI=1S/C32H46N4O.H2/c1-3-35(4-2)32(37)27-17-15-26(16-18-27)31(36-21-19-34(20-22-36)24-25-13-14-25)28-9-8-12-30(23-28)33-29-10-6-5-7-11-29;/h8-9,12,15-18,23,25,29,31,33H,3-7,10-11,13-14,19-22,24H2,1-2H3;1H/t31-;/m0./s1. The van der Waals surface area contributed by atoms with E-state index < -0.39 is 0 Å². The highest BCUT2D eigenvalue weighted by molar-refractivity contribution is 5.94. The first-order valence-corrected chi connectivity index (χ1v) is 14.9. The zero-order valence-electron chi connectivity index (χ0n) is 23.0. The Hall–Kier alpha value is -2.37. The van der Waals surface area contributed by atoms with E-state index >= 15 is 0 Å². The van der Waals surface area contributed by atoms with Crippen molar-refractivity contribution in [1.82, 2.24) is 14.7 Å². The Labute approximate surface area is 225 Å². The van der Waals surface area contributed by atoms with Crippen molar-refractivity contribution in [2.75, 3.05) is 51.1 Å². The molecule has 5 nitrogen and oxygen atoms in total. The van der Waals surface area contributed by atoms with Gasteiger partial charge in [0.25, 0.3) is 5.91 Å². The van der Waals surface area contributed by atoms with Gasteiger partial charge in [0.05, 0.1) is 6.04 Å². The molecule has 3 fully saturated rings. The van der Waals surface area contributed by atoms with Crippen LogP contribution in [0, 0.1) is 5.92 Å². The van der Waals surface area contributed by atoms with Gasteiger partial charge in [0, 0.05) is 64.5 Å². The molecular weight excluding hydrogens is 456 g/mol. The van der Waals surface area contributed by atoms with Gasteiger partial charge in [-0.1, -0.05) is 43.5 Å². The molecule has 1 heterocycles. The summed E-state index contributed by atoms with van der Waals surface area (Å²) in [7, 11) is 0. The Morgan fingerprint density at radius 2 is 1.62 bits per heavy atom. The zero-order chi connectivity index (χ0) is 25.6. The maximum atomic E-state index is 12.9. The average molecular weight is 505 g/mol. The maximum absolute atomic E-state index is 12.9. The number of nitrogens with zero attached hydrogens (tertiary/aromatic N) is 3. The molecule has 0 unspecified atom stereocenters. The quantitative estimate of drug-likeness (QED) is 0.414. The van der Waals surface area contributed by atoms with Crippen LogP contribution in [0.5, 0.6) is 0 Å². The number of rotatable bonds is 10. The summed E-state index contributed by atoms with van der Waals surface area (Å²) in [6.45, 7) is 11.3. The van der Waals surface area contributed by atoms with Crippen LogP contribution >= 0.6 is 0 Å². The van der Waals surface area contributed by atoms with Gasteiger partial charge >= 0.3 is 0 Å². The summed E-state index contributed by atoms with van der Waals surface area (Å²) >= 11 is 0. The van der Waals surface area contributed by atoms with Gasteiger partial charge in [0.1, 0.15) is 0 Å². The second-order valence-corrected chi connectivity index (χ2v) is 11.4. The number of carbonyl (C=O) groups excluding carboxylic acids is 1. The number of nitrogens with one attached hydrogen (secondary N) is 1. The highest BCUT2D eigenvalue weighted by atomic mass is 16.2. The molecule has 2 aliphatic carbocycles. The summed E-state index contributed by atoms with van der Waals surface area (Å²) in [6.07, 6.45) is 9.44. The van der Waals surface area contributed by atoms with Crippen LogP contribution in [0.2, 0.25) is 0 Å². The molecule has 2 saturated carbocycles. The van der Waals surface area contributed by atoms with Gasteiger partial charge in [-0.05, 0) is 80.8 Å². The molecule has 1 atom stereocenters. The fourth-order valence-electron chi connectivity index (χ4n) is 6.27. The summed E-state index contributed by atoms with van der Waals surface area (Å²) in [5.41, 5.74) is 4.66. The van der Waals surface area contributed by atoms with E-state index in [1.54, 1.807) is 0 Å². The molecule has 5 heteroatoms. The van der Waals surface area contributed by atoms with E-state index in [1.807, 2.05) is 30.9 Å². The molecular formula is C32H48N4O. The number of hydrogen-bond donors (Lipinski definition) is 1. The molecule has 0 bridgehead atoms. The van der Waals surface area contributed by atoms with Crippen molar-refractivity contribution in [3.63, 3.8) is 0 Å². The molecule has 202 valence electrons. The molecule has 2 aromatic rings. The van der Waals surface area contributed by atoms with E-state index in [9.17, 15) is 4.79 Å². The lowest BCUT2D eigenvalue weighted by Gasteiger charge is -2.40. The van der Waals surface area contributed by atoms with E-state index in [0.29, 0.717) is 6.04 Å². The van der Waals surface area contributed by atoms with Crippen molar-refractivity contribution in [2.45, 2.75) is 70.9 Å². The van der Waals surface area contributed by atoms with E-state index in [2.05, 4.69) is 51.5 Å². The van der Waals surface area contributed by atoms with Crippen molar-refractivity contribution >= 4 is 11.6 Å². The Bertz CT molecular complexity index is 1010. The topological polar surface area (TPSA) is 38.8 Å². The number of hydrogen-bond acceptors (Lipinski definition) is 4. The first kappa shape index (κ1) is 26.2. The van der Waals surface area contributed by atoms with Gasteiger partial charge in [-0.3, -0.25) is 9.69 Å². The van der Waals surface area contributed by atoms with Crippen LogP contribution in [0.25, 0.3) is 0 Å². The number of amides is 1. The molecule has 0 aromatic heterocycles. The summed E-state index contributed by atoms with van der Waals surface area (Å²) in [5, 5.41) is 3.84. The highest BCUT2D eigenvalue weighted by Crippen LogP contribution is 2.34. The molecule has 37 heavy (non-hydrogen) atoms. The smallest absolute Gasteiger partial charge is 0.253 e. The molecule has 5 rings (SSSR count). The van der Waals surface area contributed by atoms with Crippen molar-refractivity contribution < 1.29 is 6.22 Å². The Morgan fingerprint density at radius 3 is 2.27 bits per heavy atom. The molecule has 3 aliphatic rings. The lowest BCUT2D eigenvalue weighted by molar-refractivity contribution is 0.0773. The van der Waals surface area contributed by atoms with E-state index in [1.165, 1.54) is 68.3 Å². The van der Waals surface area contributed by atoms with Crippen molar-refractivity contribution in [2.24, 2.45) is 5.92 Å². The monoisotopic (exact) mass is 504 g/mol. The minimum absolute atomic E-state index is 0. The van der Waals surface area contributed by atoms with Crippen molar-refractivity contribution in [3.05, 3.63) is 65.2 Å². The molecule has 1 N–H and O–H groups in total. The largest absolute Gasteiger partial charge is 0.382 e. The number of anilines is 1. The van der Waals surface area contributed by atoms with Gasteiger partial charge < -0.3 is 15.1 Å². The van der Waals surface area contributed by atoms with Crippen LogP contribution in [0.1, 0.15) is 87.7 Å². The normalized spacial score (nSPS) is 20.5. The van der Waals surface area contributed by atoms with Gasteiger partial charge in [-0.15, -0.1) is 0 Å². The second-order valence-electron chi connectivity index (χ2n) is 11.4. The molecule has 1 saturated heterocycles. The van der Waals surface area contributed by atoms with Crippen LogP contribution < -0.4 is 5.32 Å². The summed E-state index contributed by atoms with van der Waals surface area (Å²) in [6, 6.07) is 18.4. The summed E-state index contributed by atoms with van der Waals surface area (Å²) < 4.78 is 0. The predicted octanol–water partition coefficient (Wildman–Crippen LogP) is 6.28. The zero-order valence-corrected chi connectivity index (χ0v) is 23.0. The molecule has 0 radical (unpaired) electrons. The van der Waals surface area contributed by atoms with Gasteiger partial charge in [0.2, 0.25) is 0 Å². The number of carbonyl (C=O) groups is 1. The van der Waals surface area contributed by atoms with Gasteiger partial charge in [-0.2, -0.15) is 0 Å². The minimum Gasteiger partial charge on any atom is -0.382 e. The van der Waals surface area contributed by atoms with Crippen molar-refractivity contribution in [1.29, 1.82) is 0 Å². The Morgan fingerprint density at radius 1 is 0.919 bits per heavy atom. The Kier molecular flexibility index (Phi) is 8.83.